The van der Waals surface area contributed by atoms with E-state index in [4.69, 9.17) is 4.74 Å². The second-order valence-corrected chi connectivity index (χ2v) is 7.47. The van der Waals surface area contributed by atoms with Crippen LogP contribution in [0.15, 0.2) is 48.5 Å². The van der Waals surface area contributed by atoms with Gasteiger partial charge in [0.15, 0.2) is 0 Å². The van der Waals surface area contributed by atoms with Gasteiger partial charge in [-0.2, -0.15) is 11.8 Å². The number of hydrogen-bond acceptors (Lipinski definition) is 3. The van der Waals surface area contributed by atoms with E-state index in [1.54, 1.807) is 24.9 Å². The monoisotopic (exact) mass is 374 g/mol. The SMILES string of the molecule is COc1ccc(CNC(=O)N2CCSC(c3ccccc3F)CC2)cc1. The Morgan fingerprint density at radius 1 is 1.23 bits per heavy atom. The van der Waals surface area contributed by atoms with E-state index in [1.165, 1.54) is 6.07 Å². The number of halogens is 1. The molecule has 2 aromatic rings. The highest BCUT2D eigenvalue weighted by atomic mass is 32.2. The van der Waals surface area contributed by atoms with Crippen LogP contribution in [0.25, 0.3) is 0 Å². The molecule has 1 aliphatic heterocycles. The molecule has 2 aromatic carbocycles. The first kappa shape index (κ1) is 18.6. The van der Waals surface area contributed by atoms with E-state index < -0.39 is 0 Å². The smallest absolute Gasteiger partial charge is 0.317 e. The molecule has 3 rings (SSSR count). The maximum atomic E-state index is 14.0. The van der Waals surface area contributed by atoms with E-state index in [0.29, 0.717) is 19.6 Å². The number of thioether (sulfide) groups is 1. The Balaban J connectivity index is 1.53. The van der Waals surface area contributed by atoms with Crippen LogP contribution in [0.5, 0.6) is 5.75 Å². The molecule has 0 aliphatic carbocycles. The first-order valence-electron chi connectivity index (χ1n) is 8.69. The number of carbonyl (C=O) groups excluding carboxylic acids is 1. The van der Waals surface area contributed by atoms with Crippen molar-refractivity contribution >= 4 is 17.8 Å². The van der Waals surface area contributed by atoms with Gasteiger partial charge in [0.25, 0.3) is 0 Å². The number of nitrogens with zero attached hydrogens (tertiary/aromatic N) is 1. The lowest BCUT2D eigenvalue weighted by molar-refractivity contribution is 0.200. The average Bonchev–Trinajstić information content (AvgIpc) is 2.93. The van der Waals surface area contributed by atoms with Gasteiger partial charge in [-0.1, -0.05) is 30.3 Å². The fraction of sp³-hybridized carbons (Fsp3) is 0.350. The summed E-state index contributed by atoms with van der Waals surface area (Å²) in [6.07, 6.45) is 0.752. The molecule has 0 spiro atoms. The number of amides is 2. The van der Waals surface area contributed by atoms with Crippen LogP contribution in [-0.2, 0) is 6.54 Å². The summed E-state index contributed by atoms with van der Waals surface area (Å²) < 4.78 is 19.1. The van der Waals surface area contributed by atoms with E-state index in [-0.39, 0.29) is 17.1 Å². The van der Waals surface area contributed by atoms with Crippen molar-refractivity contribution in [2.75, 3.05) is 26.0 Å². The van der Waals surface area contributed by atoms with Crippen LogP contribution in [0.1, 0.15) is 22.8 Å². The molecule has 0 aromatic heterocycles. The average molecular weight is 374 g/mol. The van der Waals surface area contributed by atoms with Crippen molar-refractivity contribution in [3.63, 3.8) is 0 Å². The van der Waals surface area contributed by atoms with Crippen molar-refractivity contribution < 1.29 is 13.9 Å². The second kappa shape index (κ2) is 8.94. The highest BCUT2D eigenvalue weighted by molar-refractivity contribution is 7.99. The summed E-state index contributed by atoms with van der Waals surface area (Å²) >= 11 is 1.72. The van der Waals surface area contributed by atoms with Crippen molar-refractivity contribution in [3.05, 3.63) is 65.5 Å². The predicted octanol–water partition coefficient (Wildman–Crippen LogP) is 4.22. The Labute approximate surface area is 157 Å². The molecule has 2 amide bonds. The normalized spacial score (nSPS) is 17.5. The van der Waals surface area contributed by atoms with Gasteiger partial charge in [-0.25, -0.2) is 9.18 Å². The van der Waals surface area contributed by atoms with Crippen LogP contribution in [0, 0.1) is 5.82 Å². The summed E-state index contributed by atoms with van der Waals surface area (Å²) in [5, 5.41) is 3.06. The zero-order valence-corrected chi connectivity index (χ0v) is 15.6. The number of methoxy groups -OCH3 is 1. The lowest BCUT2D eigenvalue weighted by atomic mass is 10.1. The first-order valence-corrected chi connectivity index (χ1v) is 9.74. The second-order valence-electron chi connectivity index (χ2n) is 6.16. The van der Waals surface area contributed by atoms with E-state index >= 15 is 0 Å². The number of urea groups is 1. The molecule has 138 valence electrons. The molecule has 1 N–H and O–H groups in total. The van der Waals surface area contributed by atoms with Crippen LogP contribution in [0.4, 0.5) is 9.18 Å². The van der Waals surface area contributed by atoms with Crippen molar-refractivity contribution in [2.24, 2.45) is 0 Å². The molecule has 6 heteroatoms. The van der Waals surface area contributed by atoms with Crippen LogP contribution in [0.2, 0.25) is 0 Å². The van der Waals surface area contributed by atoms with Gasteiger partial charge in [-0.3, -0.25) is 0 Å². The third-order valence-corrected chi connectivity index (χ3v) is 5.79. The molecule has 0 bridgehead atoms. The van der Waals surface area contributed by atoms with Gasteiger partial charge in [0.1, 0.15) is 11.6 Å². The zero-order chi connectivity index (χ0) is 18.4. The number of benzene rings is 2. The van der Waals surface area contributed by atoms with Crippen LogP contribution < -0.4 is 10.1 Å². The van der Waals surface area contributed by atoms with Gasteiger partial charge in [0, 0.05) is 36.2 Å². The van der Waals surface area contributed by atoms with Gasteiger partial charge >= 0.3 is 6.03 Å². The number of carbonyl (C=O) groups is 1. The van der Waals surface area contributed by atoms with Crippen LogP contribution >= 0.6 is 11.8 Å². The number of nitrogens with one attached hydrogen (secondary N) is 1. The summed E-state index contributed by atoms with van der Waals surface area (Å²) in [7, 11) is 1.63. The van der Waals surface area contributed by atoms with E-state index in [0.717, 1.165) is 29.1 Å². The highest BCUT2D eigenvalue weighted by Crippen LogP contribution is 2.35. The summed E-state index contributed by atoms with van der Waals surface area (Å²) in [5.74, 6) is 1.43. The van der Waals surface area contributed by atoms with Gasteiger partial charge in [-0.05, 0) is 30.2 Å². The van der Waals surface area contributed by atoms with Crippen LogP contribution in [0.3, 0.4) is 0 Å². The third kappa shape index (κ3) is 4.69. The molecule has 1 atom stereocenters. The summed E-state index contributed by atoms with van der Waals surface area (Å²) in [6.45, 7) is 1.77. The summed E-state index contributed by atoms with van der Waals surface area (Å²) in [5.41, 5.74) is 1.76. The third-order valence-electron chi connectivity index (χ3n) is 4.48. The van der Waals surface area contributed by atoms with Crippen molar-refractivity contribution in [3.8, 4) is 5.75 Å². The largest absolute Gasteiger partial charge is 0.497 e. The molecular formula is C20H23FN2O2S. The number of ether oxygens (including phenoxy) is 1. The molecule has 1 saturated heterocycles. The molecular weight excluding hydrogens is 351 g/mol. The van der Waals surface area contributed by atoms with Gasteiger partial charge in [-0.15, -0.1) is 0 Å². The summed E-state index contributed by atoms with van der Waals surface area (Å²) in [6, 6.07) is 14.5. The fourth-order valence-corrected chi connectivity index (χ4v) is 4.24. The Morgan fingerprint density at radius 2 is 2.00 bits per heavy atom. The lowest BCUT2D eigenvalue weighted by Gasteiger charge is -2.21. The molecule has 1 heterocycles. The zero-order valence-electron chi connectivity index (χ0n) is 14.8. The van der Waals surface area contributed by atoms with Gasteiger partial charge in [0.2, 0.25) is 0 Å². The minimum atomic E-state index is -0.164. The number of rotatable bonds is 4. The maximum absolute atomic E-state index is 14.0. The van der Waals surface area contributed by atoms with Crippen LogP contribution in [-0.4, -0.2) is 36.9 Å². The molecule has 0 radical (unpaired) electrons. The van der Waals surface area contributed by atoms with Crippen molar-refractivity contribution in [2.45, 2.75) is 18.2 Å². The molecule has 26 heavy (non-hydrogen) atoms. The predicted molar refractivity (Wildman–Crippen MR) is 103 cm³/mol. The quantitative estimate of drug-likeness (QED) is 0.871. The molecule has 1 aliphatic rings. The molecule has 1 fully saturated rings. The maximum Gasteiger partial charge on any atom is 0.317 e. The number of hydrogen-bond donors (Lipinski definition) is 1. The molecule has 1 unspecified atom stereocenters. The Bertz CT molecular complexity index is 739. The van der Waals surface area contributed by atoms with E-state index in [1.807, 2.05) is 41.3 Å². The van der Waals surface area contributed by atoms with E-state index in [2.05, 4.69) is 5.32 Å². The highest BCUT2D eigenvalue weighted by Gasteiger charge is 2.23. The minimum Gasteiger partial charge on any atom is -0.497 e. The standard InChI is InChI=1S/C20H23FN2O2S/c1-25-16-8-6-15(7-9-16)14-22-20(24)23-11-10-19(26-13-12-23)17-4-2-3-5-18(17)21/h2-9,19H,10-14H2,1H3,(H,22,24). The van der Waals surface area contributed by atoms with E-state index in [9.17, 15) is 9.18 Å². The topological polar surface area (TPSA) is 41.6 Å². The van der Waals surface area contributed by atoms with Crippen molar-refractivity contribution in [1.82, 2.24) is 10.2 Å². The van der Waals surface area contributed by atoms with Gasteiger partial charge in [0.05, 0.1) is 7.11 Å². The summed E-state index contributed by atoms with van der Waals surface area (Å²) in [4.78, 5) is 14.3. The Hall–Kier alpha value is -2.21. The van der Waals surface area contributed by atoms with Crippen molar-refractivity contribution in [1.29, 1.82) is 0 Å². The lowest BCUT2D eigenvalue weighted by Crippen LogP contribution is -2.40. The fourth-order valence-electron chi connectivity index (χ4n) is 2.99. The van der Waals surface area contributed by atoms with Gasteiger partial charge < -0.3 is 15.0 Å². The first-order chi connectivity index (χ1) is 12.7. The Morgan fingerprint density at radius 3 is 2.73 bits per heavy atom. The Kier molecular flexibility index (Phi) is 6.39. The molecule has 0 saturated carbocycles. The minimum absolute atomic E-state index is 0.0735. The molecule has 4 nitrogen and oxygen atoms in total.